The van der Waals surface area contributed by atoms with Gasteiger partial charge >= 0.3 is 0 Å². The van der Waals surface area contributed by atoms with E-state index in [-0.39, 0.29) is 23.9 Å². The van der Waals surface area contributed by atoms with Gasteiger partial charge in [-0.25, -0.2) is 0 Å². The van der Waals surface area contributed by atoms with Gasteiger partial charge in [-0.15, -0.1) is 0 Å². The monoisotopic (exact) mass is 296 g/mol. The first-order chi connectivity index (χ1) is 9.61. The maximum absolute atomic E-state index is 12.3. The molecule has 2 N–H and O–H groups in total. The van der Waals surface area contributed by atoms with Crippen molar-refractivity contribution in [2.24, 2.45) is 5.92 Å². The highest BCUT2D eigenvalue weighted by atomic mass is 35.5. The molecule has 110 valence electrons. The Labute approximate surface area is 124 Å². The van der Waals surface area contributed by atoms with Gasteiger partial charge in [0.2, 0.25) is 5.91 Å². The van der Waals surface area contributed by atoms with Gasteiger partial charge in [0.25, 0.3) is 0 Å². The SMILES string of the molecule is CCNC1COCC1C(=O)NC(C)c1cccc(Cl)c1. The average Bonchev–Trinajstić information content (AvgIpc) is 2.87. The number of hydrogen-bond acceptors (Lipinski definition) is 3. The maximum atomic E-state index is 12.3. The number of carbonyl (C=O) groups is 1. The van der Waals surface area contributed by atoms with Crippen LogP contribution in [0.4, 0.5) is 0 Å². The molecule has 0 radical (unpaired) electrons. The van der Waals surface area contributed by atoms with Crippen LogP contribution in [-0.4, -0.2) is 31.7 Å². The molecule has 0 aliphatic carbocycles. The van der Waals surface area contributed by atoms with E-state index >= 15 is 0 Å². The van der Waals surface area contributed by atoms with Crippen LogP contribution in [0.3, 0.4) is 0 Å². The molecule has 0 aromatic heterocycles. The number of ether oxygens (including phenoxy) is 1. The summed E-state index contributed by atoms with van der Waals surface area (Å²) in [7, 11) is 0. The van der Waals surface area contributed by atoms with Crippen LogP contribution in [0.2, 0.25) is 5.02 Å². The van der Waals surface area contributed by atoms with Gasteiger partial charge in [0, 0.05) is 11.1 Å². The van der Waals surface area contributed by atoms with Crippen LogP contribution in [0.15, 0.2) is 24.3 Å². The van der Waals surface area contributed by atoms with E-state index in [1.807, 2.05) is 38.1 Å². The fourth-order valence-electron chi connectivity index (χ4n) is 2.46. The molecule has 1 aliphatic rings. The summed E-state index contributed by atoms with van der Waals surface area (Å²) < 4.78 is 5.41. The third-order valence-electron chi connectivity index (χ3n) is 3.59. The minimum Gasteiger partial charge on any atom is -0.379 e. The molecule has 2 rings (SSSR count). The maximum Gasteiger partial charge on any atom is 0.227 e. The normalized spacial score (nSPS) is 23.6. The highest BCUT2D eigenvalue weighted by Gasteiger charge is 2.33. The van der Waals surface area contributed by atoms with Crippen LogP contribution >= 0.6 is 11.6 Å². The molecule has 3 atom stereocenters. The van der Waals surface area contributed by atoms with Crippen molar-refractivity contribution in [3.8, 4) is 0 Å². The highest BCUT2D eigenvalue weighted by molar-refractivity contribution is 6.30. The minimum absolute atomic E-state index is 0.0286. The van der Waals surface area contributed by atoms with Gasteiger partial charge in [0.05, 0.1) is 25.2 Å². The first kappa shape index (κ1) is 15.3. The van der Waals surface area contributed by atoms with Gasteiger partial charge < -0.3 is 15.4 Å². The zero-order valence-electron chi connectivity index (χ0n) is 11.9. The van der Waals surface area contributed by atoms with E-state index in [4.69, 9.17) is 16.3 Å². The third kappa shape index (κ3) is 3.72. The van der Waals surface area contributed by atoms with E-state index in [1.54, 1.807) is 0 Å². The molecule has 0 bridgehead atoms. The molecule has 3 unspecified atom stereocenters. The summed E-state index contributed by atoms with van der Waals surface area (Å²) in [5.74, 6) is -0.0995. The largest absolute Gasteiger partial charge is 0.379 e. The summed E-state index contributed by atoms with van der Waals surface area (Å²) in [6.45, 7) is 5.90. The molecule has 1 aliphatic heterocycles. The molecular weight excluding hydrogens is 276 g/mol. The Hall–Kier alpha value is -1.10. The van der Waals surface area contributed by atoms with Crippen molar-refractivity contribution < 1.29 is 9.53 Å². The predicted octanol–water partition coefficient (Wildman–Crippen LogP) is 2.14. The van der Waals surface area contributed by atoms with Gasteiger partial charge in [0.15, 0.2) is 0 Å². The van der Waals surface area contributed by atoms with Crippen molar-refractivity contribution in [2.45, 2.75) is 25.9 Å². The molecule has 1 aromatic carbocycles. The average molecular weight is 297 g/mol. The van der Waals surface area contributed by atoms with E-state index in [9.17, 15) is 4.79 Å². The van der Waals surface area contributed by atoms with Gasteiger partial charge in [-0.1, -0.05) is 30.7 Å². The van der Waals surface area contributed by atoms with Crippen LogP contribution < -0.4 is 10.6 Å². The second-order valence-electron chi connectivity index (χ2n) is 5.09. The lowest BCUT2D eigenvalue weighted by Gasteiger charge is -2.21. The van der Waals surface area contributed by atoms with Gasteiger partial charge in [0.1, 0.15) is 0 Å². The lowest BCUT2D eigenvalue weighted by atomic mass is 10.0. The first-order valence-corrected chi connectivity index (χ1v) is 7.36. The molecule has 5 heteroatoms. The molecule has 0 spiro atoms. The fourth-order valence-corrected chi connectivity index (χ4v) is 2.65. The molecule has 20 heavy (non-hydrogen) atoms. The topological polar surface area (TPSA) is 50.4 Å². The third-order valence-corrected chi connectivity index (χ3v) is 3.83. The van der Waals surface area contributed by atoms with Crippen LogP contribution in [0, 0.1) is 5.92 Å². The van der Waals surface area contributed by atoms with Crippen LogP contribution in [0.1, 0.15) is 25.5 Å². The quantitative estimate of drug-likeness (QED) is 0.875. The number of nitrogens with one attached hydrogen (secondary N) is 2. The lowest BCUT2D eigenvalue weighted by molar-refractivity contribution is -0.126. The van der Waals surface area contributed by atoms with Crippen molar-refractivity contribution >= 4 is 17.5 Å². The second-order valence-corrected chi connectivity index (χ2v) is 5.53. The fraction of sp³-hybridized carbons (Fsp3) is 0.533. The number of hydrogen-bond donors (Lipinski definition) is 2. The molecule has 1 fully saturated rings. The molecule has 4 nitrogen and oxygen atoms in total. The Bertz CT molecular complexity index is 467. The smallest absolute Gasteiger partial charge is 0.227 e. The predicted molar refractivity (Wildman–Crippen MR) is 79.8 cm³/mol. The van der Waals surface area contributed by atoms with E-state index in [1.165, 1.54) is 0 Å². The van der Waals surface area contributed by atoms with E-state index in [2.05, 4.69) is 10.6 Å². The van der Waals surface area contributed by atoms with Crippen molar-refractivity contribution in [3.63, 3.8) is 0 Å². The Morgan fingerprint density at radius 1 is 1.50 bits per heavy atom. The van der Waals surface area contributed by atoms with Crippen LogP contribution in [0.25, 0.3) is 0 Å². The van der Waals surface area contributed by atoms with Crippen molar-refractivity contribution in [1.29, 1.82) is 0 Å². The number of halogens is 1. The Morgan fingerprint density at radius 3 is 3.00 bits per heavy atom. The van der Waals surface area contributed by atoms with Crippen molar-refractivity contribution in [3.05, 3.63) is 34.9 Å². The number of rotatable bonds is 5. The summed E-state index contributed by atoms with van der Waals surface area (Å²) >= 11 is 5.97. The summed E-state index contributed by atoms with van der Waals surface area (Å²) in [6.07, 6.45) is 0. The number of carbonyl (C=O) groups excluding carboxylic acids is 1. The van der Waals surface area contributed by atoms with Gasteiger partial charge in [-0.3, -0.25) is 4.79 Å². The molecular formula is C15H21ClN2O2. The van der Waals surface area contributed by atoms with E-state index in [0.29, 0.717) is 18.2 Å². The summed E-state index contributed by atoms with van der Waals surface area (Å²) in [6, 6.07) is 7.59. The minimum atomic E-state index is -0.128. The van der Waals surface area contributed by atoms with E-state index in [0.717, 1.165) is 12.1 Å². The standard InChI is InChI=1S/C15H21ClN2O2/c1-3-17-14-9-20-8-13(14)15(19)18-10(2)11-5-4-6-12(16)7-11/h4-7,10,13-14,17H,3,8-9H2,1-2H3,(H,18,19). The zero-order valence-corrected chi connectivity index (χ0v) is 12.6. The molecule has 1 aromatic rings. The van der Waals surface area contributed by atoms with Gasteiger partial charge in [-0.2, -0.15) is 0 Å². The highest BCUT2D eigenvalue weighted by Crippen LogP contribution is 2.19. The molecule has 1 amide bonds. The lowest BCUT2D eigenvalue weighted by Crippen LogP contribution is -2.44. The summed E-state index contributed by atoms with van der Waals surface area (Å²) in [4.78, 5) is 12.3. The van der Waals surface area contributed by atoms with Crippen molar-refractivity contribution in [2.75, 3.05) is 19.8 Å². The van der Waals surface area contributed by atoms with Crippen LogP contribution in [0.5, 0.6) is 0 Å². The second kappa shape index (κ2) is 7.07. The Kier molecular flexibility index (Phi) is 5.40. The molecule has 1 heterocycles. The number of benzene rings is 1. The number of likely N-dealkylation sites (N-methyl/N-ethyl adjacent to an activating group) is 1. The Morgan fingerprint density at radius 2 is 2.30 bits per heavy atom. The molecule has 0 saturated carbocycles. The van der Waals surface area contributed by atoms with E-state index < -0.39 is 0 Å². The first-order valence-electron chi connectivity index (χ1n) is 6.98. The number of amides is 1. The summed E-state index contributed by atoms with van der Waals surface area (Å²) in [5, 5.41) is 7.01. The molecule has 1 saturated heterocycles. The zero-order chi connectivity index (χ0) is 14.5. The van der Waals surface area contributed by atoms with Gasteiger partial charge in [-0.05, 0) is 31.2 Å². The Balaban J connectivity index is 1.97. The van der Waals surface area contributed by atoms with Crippen LogP contribution in [-0.2, 0) is 9.53 Å². The summed E-state index contributed by atoms with van der Waals surface area (Å²) in [5.41, 5.74) is 1.00. The van der Waals surface area contributed by atoms with Crippen molar-refractivity contribution in [1.82, 2.24) is 10.6 Å².